The van der Waals surface area contributed by atoms with Gasteiger partial charge in [-0.1, -0.05) is 17.3 Å². The average Bonchev–Trinajstić information content (AvgIpc) is 2.82. The van der Waals surface area contributed by atoms with Crippen LogP contribution in [0.3, 0.4) is 0 Å². The summed E-state index contributed by atoms with van der Waals surface area (Å²) < 4.78 is 38.3. The van der Waals surface area contributed by atoms with E-state index < -0.39 is 10.0 Å². The van der Waals surface area contributed by atoms with Gasteiger partial charge in [-0.2, -0.15) is 4.31 Å². The third kappa shape index (κ3) is 4.69. The van der Waals surface area contributed by atoms with Gasteiger partial charge in [0.1, 0.15) is 22.9 Å². The maximum atomic E-state index is 13.0. The smallest absolute Gasteiger partial charge is 0.248 e. The molecule has 1 aliphatic heterocycles. The number of hydrogen-bond acceptors (Lipinski definition) is 6. The summed E-state index contributed by atoms with van der Waals surface area (Å²) in [6.07, 6.45) is 0.785. The number of ether oxygens (including phenoxy) is 1. The van der Waals surface area contributed by atoms with Gasteiger partial charge in [0.15, 0.2) is 5.76 Å². The molecule has 0 spiro atoms. The first-order valence-corrected chi connectivity index (χ1v) is 10.7. The van der Waals surface area contributed by atoms with Crippen molar-refractivity contribution >= 4 is 10.0 Å². The molecule has 1 fully saturated rings. The quantitative estimate of drug-likeness (QED) is 0.750. The molecule has 1 aliphatic rings. The van der Waals surface area contributed by atoms with Crippen LogP contribution >= 0.6 is 0 Å². The predicted octanol–water partition coefficient (Wildman–Crippen LogP) is 2.38. The van der Waals surface area contributed by atoms with E-state index in [1.807, 2.05) is 31.2 Å². The van der Waals surface area contributed by atoms with Crippen molar-refractivity contribution in [1.29, 1.82) is 0 Å². The Morgan fingerprint density at radius 2 is 1.96 bits per heavy atom. The topological polar surface area (TPSA) is 75.9 Å². The van der Waals surface area contributed by atoms with Gasteiger partial charge in [0, 0.05) is 26.2 Å². The monoisotopic (exact) mass is 393 g/mol. The first kappa shape index (κ1) is 19.9. The van der Waals surface area contributed by atoms with E-state index in [1.165, 1.54) is 5.56 Å². The number of aryl methyl sites for hydroxylation is 3. The summed E-state index contributed by atoms with van der Waals surface area (Å²) in [6.45, 7) is 9.18. The molecule has 1 aromatic carbocycles. The fourth-order valence-corrected chi connectivity index (χ4v) is 5.14. The second-order valence-electron chi connectivity index (χ2n) is 6.92. The lowest BCUT2D eigenvalue weighted by molar-refractivity contribution is 0.215. The number of aromatic nitrogens is 1. The fraction of sp³-hybridized carbons (Fsp3) is 0.526. The Balaban J connectivity index is 1.56. The van der Waals surface area contributed by atoms with Crippen molar-refractivity contribution in [3.05, 3.63) is 41.3 Å². The summed E-state index contributed by atoms with van der Waals surface area (Å²) >= 11 is 0. The van der Waals surface area contributed by atoms with Crippen molar-refractivity contribution in [2.45, 2.75) is 32.1 Å². The highest BCUT2D eigenvalue weighted by Crippen LogP contribution is 2.24. The molecule has 2 aromatic rings. The molecule has 27 heavy (non-hydrogen) atoms. The molecule has 0 amide bonds. The standard InChI is InChI=1S/C19H27N3O4S/c1-15-6-4-7-18(14-15)25-13-12-21-8-5-9-22(11-10-21)27(23,24)19-16(2)20-26-17(19)3/h4,6-7,14H,5,8-13H2,1-3H3. The van der Waals surface area contributed by atoms with Gasteiger partial charge < -0.3 is 9.26 Å². The number of sulfonamides is 1. The predicted molar refractivity (Wildman–Crippen MR) is 102 cm³/mol. The zero-order valence-electron chi connectivity index (χ0n) is 16.1. The lowest BCUT2D eigenvalue weighted by Gasteiger charge is -2.21. The van der Waals surface area contributed by atoms with Gasteiger partial charge in [0.05, 0.1) is 0 Å². The second-order valence-corrected chi connectivity index (χ2v) is 8.79. The molecule has 1 saturated heterocycles. The zero-order chi connectivity index (χ0) is 19.4. The molecule has 1 aromatic heterocycles. The SMILES string of the molecule is Cc1cccc(OCCN2CCCN(S(=O)(=O)c3c(C)noc3C)CC2)c1. The summed E-state index contributed by atoms with van der Waals surface area (Å²) in [5.74, 6) is 1.22. The van der Waals surface area contributed by atoms with Crippen LogP contribution in [0.2, 0.25) is 0 Å². The number of benzene rings is 1. The van der Waals surface area contributed by atoms with Crippen LogP contribution in [0.15, 0.2) is 33.7 Å². The van der Waals surface area contributed by atoms with E-state index in [0.717, 1.165) is 25.3 Å². The third-order valence-electron chi connectivity index (χ3n) is 4.78. The molecule has 148 valence electrons. The molecule has 2 heterocycles. The van der Waals surface area contributed by atoms with Crippen molar-refractivity contribution in [2.75, 3.05) is 39.3 Å². The molecule has 3 rings (SSSR count). The first-order chi connectivity index (χ1) is 12.9. The lowest BCUT2D eigenvalue weighted by Crippen LogP contribution is -2.36. The zero-order valence-corrected chi connectivity index (χ0v) is 17.0. The van der Waals surface area contributed by atoms with E-state index in [1.54, 1.807) is 18.2 Å². The van der Waals surface area contributed by atoms with Crippen LogP contribution in [0.4, 0.5) is 0 Å². The summed E-state index contributed by atoms with van der Waals surface area (Å²) in [6, 6.07) is 7.98. The van der Waals surface area contributed by atoms with Crippen LogP contribution < -0.4 is 4.74 Å². The van der Waals surface area contributed by atoms with E-state index in [2.05, 4.69) is 10.1 Å². The molecule has 8 heteroatoms. The van der Waals surface area contributed by atoms with Crippen LogP contribution in [-0.2, 0) is 10.0 Å². The molecule has 0 saturated carbocycles. The Morgan fingerprint density at radius 3 is 2.67 bits per heavy atom. The molecule has 0 radical (unpaired) electrons. The van der Waals surface area contributed by atoms with Crippen LogP contribution in [0, 0.1) is 20.8 Å². The largest absolute Gasteiger partial charge is 0.492 e. The Morgan fingerprint density at radius 1 is 1.15 bits per heavy atom. The van der Waals surface area contributed by atoms with Crippen LogP contribution in [0.25, 0.3) is 0 Å². The summed E-state index contributed by atoms with van der Waals surface area (Å²) in [5.41, 5.74) is 1.59. The van der Waals surface area contributed by atoms with Crippen LogP contribution in [-0.4, -0.2) is 62.1 Å². The molecule has 0 N–H and O–H groups in total. The third-order valence-corrected chi connectivity index (χ3v) is 6.92. The minimum Gasteiger partial charge on any atom is -0.492 e. The van der Waals surface area contributed by atoms with E-state index in [0.29, 0.717) is 37.7 Å². The highest BCUT2D eigenvalue weighted by atomic mass is 32.2. The minimum absolute atomic E-state index is 0.207. The Labute approximate surface area is 160 Å². The van der Waals surface area contributed by atoms with Crippen molar-refractivity contribution in [3.8, 4) is 5.75 Å². The number of rotatable bonds is 6. The van der Waals surface area contributed by atoms with Crippen LogP contribution in [0.5, 0.6) is 5.75 Å². The fourth-order valence-electron chi connectivity index (χ4n) is 3.38. The van der Waals surface area contributed by atoms with Gasteiger partial charge in [0.25, 0.3) is 0 Å². The first-order valence-electron chi connectivity index (χ1n) is 9.23. The Hall–Kier alpha value is -1.90. The minimum atomic E-state index is -3.58. The highest BCUT2D eigenvalue weighted by molar-refractivity contribution is 7.89. The van der Waals surface area contributed by atoms with Crippen molar-refractivity contribution in [3.63, 3.8) is 0 Å². The van der Waals surface area contributed by atoms with E-state index in [4.69, 9.17) is 9.26 Å². The number of hydrogen-bond donors (Lipinski definition) is 0. The van der Waals surface area contributed by atoms with Gasteiger partial charge in [-0.05, 0) is 51.4 Å². The molecule has 0 bridgehead atoms. The Bertz CT molecular complexity index is 859. The highest BCUT2D eigenvalue weighted by Gasteiger charge is 2.32. The molecular formula is C19H27N3O4S. The molecule has 0 atom stereocenters. The van der Waals surface area contributed by atoms with E-state index >= 15 is 0 Å². The van der Waals surface area contributed by atoms with Crippen molar-refractivity contribution in [1.82, 2.24) is 14.4 Å². The normalized spacial score (nSPS) is 17.0. The number of nitrogens with zero attached hydrogens (tertiary/aromatic N) is 3. The molecule has 0 aliphatic carbocycles. The van der Waals surface area contributed by atoms with Gasteiger partial charge in [-0.3, -0.25) is 4.90 Å². The molecule has 0 unspecified atom stereocenters. The van der Waals surface area contributed by atoms with E-state index in [-0.39, 0.29) is 4.90 Å². The van der Waals surface area contributed by atoms with Crippen molar-refractivity contribution < 1.29 is 17.7 Å². The summed E-state index contributed by atoms with van der Waals surface area (Å²) in [5, 5.41) is 3.78. The summed E-state index contributed by atoms with van der Waals surface area (Å²) in [4.78, 5) is 2.46. The van der Waals surface area contributed by atoms with E-state index in [9.17, 15) is 8.42 Å². The summed E-state index contributed by atoms with van der Waals surface area (Å²) in [7, 11) is -3.58. The molecule has 7 nitrogen and oxygen atoms in total. The maximum Gasteiger partial charge on any atom is 0.248 e. The second kappa shape index (κ2) is 8.41. The van der Waals surface area contributed by atoms with Gasteiger partial charge in [0.2, 0.25) is 10.0 Å². The van der Waals surface area contributed by atoms with Crippen LogP contribution in [0.1, 0.15) is 23.4 Å². The average molecular weight is 394 g/mol. The van der Waals surface area contributed by atoms with Gasteiger partial charge >= 0.3 is 0 Å². The van der Waals surface area contributed by atoms with Crippen molar-refractivity contribution in [2.24, 2.45) is 0 Å². The maximum absolute atomic E-state index is 13.0. The lowest BCUT2D eigenvalue weighted by atomic mass is 10.2. The Kier molecular flexibility index (Phi) is 6.18. The molecular weight excluding hydrogens is 366 g/mol. The van der Waals surface area contributed by atoms with Gasteiger partial charge in [-0.15, -0.1) is 0 Å². The van der Waals surface area contributed by atoms with Gasteiger partial charge in [-0.25, -0.2) is 8.42 Å².